The van der Waals surface area contributed by atoms with Crippen molar-refractivity contribution in [1.82, 2.24) is 19.8 Å². The maximum atomic E-state index is 14.1. The van der Waals surface area contributed by atoms with Gasteiger partial charge in [-0.1, -0.05) is 6.92 Å². The van der Waals surface area contributed by atoms with Crippen molar-refractivity contribution < 1.29 is 38.5 Å². The summed E-state index contributed by atoms with van der Waals surface area (Å²) in [6.07, 6.45) is 1.83. The summed E-state index contributed by atoms with van der Waals surface area (Å²) >= 11 is 0. The number of imidazole rings is 1. The Morgan fingerprint density at radius 1 is 1.19 bits per heavy atom. The number of fused-ring (bicyclic) bond motifs is 1. The van der Waals surface area contributed by atoms with E-state index in [4.69, 9.17) is 0 Å². The van der Waals surface area contributed by atoms with E-state index in [0.717, 1.165) is 15.8 Å². The number of alkyl halides is 1. The minimum Gasteiger partial charge on any atom is -0.478 e. The number of aromatic nitrogens is 2. The number of nitrogens with zero attached hydrogens (tertiary/aromatic N) is 4. The Kier molecular flexibility index (Phi) is 9.19. The zero-order chi connectivity index (χ0) is 30.8. The molecule has 228 valence electrons. The van der Waals surface area contributed by atoms with Crippen molar-refractivity contribution in [3.05, 3.63) is 29.6 Å². The number of anilines is 1. The SMILES string of the molecule is COC(=O)NC1CCC(C)(C(=O)c2nc3cc(C)c(N4CCN(CCF)C[C@H]4C)cc3n2/C(=C\C(=O)O)C(=O)O)CC1. The van der Waals surface area contributed by atoms with Gasteiger partial charge < -0.3 is 25.2 Å². The molecule has 2 fully saturated rings. The summed E-state index contributed by atoms with van der Waals surface area (Å²) in [5.41, 5.74) is 0.808. The van der Waals surface area contributed by atoms with Gasteiger partial charge in [-0.3, -0.25) is 14.3 Å². The fourth-order valence-corrected chi connectivity index (χ4v) is 6.10. The van der Waals surface area contributed by atoms with Gasteiger partial charge in [0, 0.05) is 49.4 Å². The Bertz CT molecular complexity index is 1410. The average molecular weight is 588 g/mol. The third kappa shape index (κ3) is 6.25. The number of aliphatic carboxylic acids is 2. The highest BCUT2D eigenvalue weighted by atomic mass is 19.1. The predicted octanol–water partition coefficient (Wildman–Crippen LogP) is 3.32. The molecule has 1 saturated carbocycles. The van der Waals surface area contributed by atoms with E-state index in [9.17, 15) is 33.8 Å². The van der Waals surface area contributed by atoms with Crippen molar-refractivity contribution in [3.8, 4) is 0 Å². The van der Waals surface area contributed by atoms with Crippen molar-refractivity contribution >= 4 is 46.2 Å². The molecule has 1 aliphatic carbocycles. The van der Waals surface area contributed by atoms with Gasteiger partial charge in [0.15, 0.2) is 5.82 Å². The molecule has 3 N–H and O–H groups in total. The van der Waals surface area contributed by atoms with Gasteiger partial charge in [-0.05, 0) is 57.2 Å². The van der Waals surface area contributed by atoms with Crippen LogP contribution in [-0.4, -0.2) is 101 Å². The first-order valence-corrected chi connectivity index (χ1v) is 14.0. The zero-order valence-electron chi connectivity index (χ0n) is 24.4. The van der Waals surface area contributed by atoms with Crippen LogP contribution in [0.4, 0.5) is 14.9 Å². The van der Waals surface area contributed by atoms with E-state index in [-0.39, 0.29) is 17.9 Å². The van der Waals surface area contributed by atoms with Gasteiger partial charge in [-0.2, -0.15) is 0 Å². The summed E-state index contributed by atoms with van der Waals surface area (Å²) in [7, 11) is 1.28. The van der Waals surface area contributed by atoms with Crippen molar-refractivity contribution in [1.29, 1.82) is 0 Å². The first-order valence-electron chi connectivity index (χ1n) is 14.0. The molecule has 0 spiro atoms. The number of benzene rings is 1. The van der Waals surface area contributed by atoms with Crippen LogP contribution in [0.1, 0.15) is 55.7 Å². The number of hydrogen-bond acceptors (Lipinski definition) is 8. The molecule has 12 nitrogen and oxygen atoms in total. The van der Waals surface area contributed by atoms with Crippen LogP contribution in [0.3, 0.4) is 0 Å². The van der Waals surface area contributed by atoms with Crippen LogP contribution in [0, 0.1) is 12.3 Å². The second kappa shape index (κ2) is 12.5. The number of ketones is 1. The van der Waals surface area contributed by atoms with Crippen LogP contribution in [0.5, 0.6) is 0 Å². The topological polar surface area (TPSA) is 154 Å². The van der Waals surface area contributed by atoms with E-state index in [1.165, 1.54) is 7.11 Å². The molecule has 0 radical (unpaired) electrons. The normalized spacial score (nSPS) is 23.5. The predicted molar refractivity (Wildman–Crippen MR) is 153 cm³/mol. The van der Waals surface area contributed by atoms with Crippen LogP contribution in [0.25, 0.3) is 16.7 Å². The molecule has 42 heavy (non-hydrogen) atoms. The molecule has 1 amide bonds. The number of piperazine rings is 1. The highest BCUT2D eigenvalue weighted by Gasteiger charge is 2.41. The molecule has 1 aromatic carbocycles. The van der Waals surface area contributed by atoms with Gasteiger partial charge in [-0.15, -0.1) is 0 Å². The van der Waals surface area contributed by atoms with Crippen molar-refractivity contribution in [2.24, 2.45) is 5.41 Å². The third-order valence-electron chi connectivity index (χ3n) is 8.46. The minimum atomic E-state index is -1.52. The number of carboxylic acids is 2. The molecule has 2 heterocycles. The highest BCUT2D eigenvalue weighted by molar-refractivity contribution is 6.17. The van der Waals surface area contributed by atoms with Gasteiger partial charge >= 0.3 is 18.0 Å². The van der Waals surface area contributed by atoms with Gasteiger partial charge in [0.25, 0.3) is 0 Å². The van der Waals surface area contributed by atoms with Crippen molar-refractivity contribution in [2.45, 2.75) is 58.5 Å². The number of alkyl carbamates (subject to hydrolysis) is 1. The number of halogens is 1. The maximum Gasteiger partial charge on any atom is 0.407 e. The van der Waals surface area contributed by atoms with Gasteiger partial charge in [0.2, 0.25) is 5.78 Å². The summed E-state index contributed by atoms with van der Waals surface area (Å²) in [6, 6.07) is 3.39. The summed E-state index contributed by atoms with van der Waals surface area (Å²) in [4.78, 5) is 58.7. The second-order valence-electron chi connectivity index (χ2n) is 11.4. The number of methoxy groups -OCH3 is 1. The molecular weight excluding hydrogens is 549 g/mol. The van der Waals surface area contributed by atoms with E-state index in [0.29, 0.717) is 69.0 Å². The number of carbonyl (C=O) groups excluding carboxylic acids is 2. The van der Waals surface area contributed by atoms with E-state index >= 15 is 0 Å². The molecule has 1 aromatic heterocycles. The van der Waals surface area contributed by atoms with Gasteiger partial charge in [0.05, 0.1) is 24.2 Å². The average Bonchev–Trinajstić information content (AvgIpc) is 3.29. The molecule has 1 atom stereocenters. The number of rotatable bonds is 9. The number of hydrogen-bond donors (Lipinski definition) is 3. The molecule has 1 aliphatic heterocycles. The summed E-state index contributed by atoms with van der Waals surface area (Å²) in [5, 5.41) is 22.4. The van der Waals surface area contributed by atoms with Crippen LogP contribution >= 0.6 is 0 Å². The monoisotopic (exact) mass is 587 g/mol. The number of carbonyl (C=O) groups is 4. The Morgan fingerprint density at radius 3 is 2.45 bits per heavy atom. The van der Waals surface area contributed by atoms with Crippen LogP contribution in [0.2, 0.25) is 0 Å². The smallest absolute Gasteiger partial charge is 0.407 e. The number of nitrogens with one attached hydrogen (secondary N) is 1. The fraction of sp³-hybridized carbons (Fsp3) is 0.552. The molecule has 0 unspecified atom stereocenters. The van der Waals surface area contributed by atoms with E-state index < -0.39 is 41.6 Å². The molecular formula is C29H38FN5O7. The molecule has 13 heteroatoms. The van der Waals surface area contributed by atoms with Crippen LogP contribution in [-0.2, 0) is 14.3 Å². The summed E-state index contributed by atoms with van der Waals surface area (Å²) in [6.45, 7) is 7.55. The van der Waals surface area contributed by atoms with E-state index in [2.05, 4.69) is 19.9 Å². The number of ether oxygens (including phenoxy) is 1. The van der Waals surface area contributed by atoms with Crippen molar-refractivity contribution in [3.63, 3.8) is 0 Å². The highest BCUT2D eigenvalue weighted by Crippen LogP contribution is 2.40. The number of Topliss-reactive ketones (excluding diaryl/α,β-unsaturated/α-hetero) is 1. The first-order chi connectivity index (χ1) is 19.9. The molecule has 2 aliphatic rings. The Hall–Kier alpha value is -4.00. The van der Waals surface area contributed by atoms with Crippen LogP contribution < -0.4 is 10.2 Å². The van der Waals surface area contributed by atoms with Gasteiger partial charge in [-0.25, -0.2) is 23.8 Å². The van der Waals surface area contributed by atoms with Crippen LogP contribution in [0.15, 0.2) is 18.2 Å². The lowest BCUT2D eigenvalue weighted by Crippen LogP contribution is -2.52. The Balaban J connectivity index is 1.79. The summed E-state index contributed by atoms with van der Waals surface area (Å²) in [5.74, 6) is -3.55. The molecule has 0 bridgehead atoms. The van der Waals surface area contributed by atoms with E-state index in [1.54, 1.807) is 19.1 Å². The molecule has 1 saturated heterocycles. The lowest BCUT2D eigenvalue weighted by Gasteiger charge is -2.41. The van der Waals surface area contributed by atoms with Crippen molar-refractivity contribution in [2.75, 3.05) is 44.9 Å². The lowest BCUT2D eigenvalue weighted by molar-refractivity contribution is -0.133. The van der Waals surface area contributed by atoms with Gasteiger partial charge in [0.1, 0.15) is 12.4 Å². The number of aryl methyl sites for hydroxylation is 1. The first kappa shape index (κ1) is 30.9. The fourth-order valence-electron chi connectivity index (χ4n) is 6.10. The summed E-state index contributed by atoms with van der Waals surface area (Å²) < 4.78 is 18.8. The van der Waals surface area contributed by atoms with E-state index in [1.807, 2.05) is 18.7 Å². The maximum absolute atomic E-state index is 14.1. The Morgan fingerprint density at radius 2 is 1.88 bits per heavy atom. The zero-order valence-corrected chi connectivity index (χ0v) is 24.4. The lowest BCUT2D eigenvalue weighted by atomic mass is 9.71. The number of amides is 1. The Labute approximate surface area is 243 Å². The quantitative estimate of drug-likeness (QED) is 0.294. The molecule has 4 rings (SSSR count). The standard InChI is InChI=1S/C29H38FN5O7/c1-17-13-20-22(14-21(17)34-12-11-33(10-9-30)16-18(34)2)35(23(27(39)40)15-24(36)37)26(32-20)25(38)29(3)7-5-19(6-8-29)31-28(41)42-4/h13-15,18-19H,5-12,16H2,1-4H3,(H,31,41)(H,36,37)(H,39,40)/b23-15-/t18-,19?,29?/m1/s1. The number of carboxylic acid groups (broad SMARTS) is 2. The largest absolute Gasteiger partial charge is 0.478 e. The minimum absolute atomic E-state index is 0.0279. The molecule has 2 aromatic rings. The third-order valence-corrected chi connectivity index (χ3v) is 8.46. The second-order valence-corrected chi connectivity index (χ2v) is 11.4.